The first kappa shape index (κ1) is 18.5. The number of amides is 1. The van der Waals surface area contributed by atoms with E-state index in [1.807, 2.05) is 0 Å². The van der Waals surface area contributed by atoms with Gasteiger partial charge in [-0.25, -0.2) is 0 Å². The Hall–Kier alpha value is -2.50. The largest absolute Gasteiger partial charge is 0.425 e. The topological polar surface area (TPSA) is 52.9 Å². The number of alkyl halides is 6. The average Bonchev–Trinajstić information content (AvgIpc) is 2.41. The molecule has 1 amide bonds. The molecule has 0 aliphatic heterocycles. The highest BCUT2D eigenvalue weighted by Gasteiger charge is 2.73. The van der Waals surface area contributed by atoms with Gasteiger partial charge >= 0.3 is 12.4 Å². The summed E-state index contributed by atoms with van der Waals surface area (Å²) in [6, 6.07) is 5.56. The number of aryl methyl sites for hydroxylation is 1. The van der Waals surface area contributed by atoms with E-state index in [4.69, 9.17) is 5.26 Å². The first-order chi connectivity index (χ1) is 10.4. The summed E-state index contributed by atoms with van der Waals surface area (Å²) in [5, 5.41) is 9.40. The maximum absolute atomic E-state index is 13.1. The predicted octanol–water partition coefficient (Wildman–Crippen LogP) is 3.67. The van der Waals surface area contributed by atoms with E-state index < -0.39 is 34.9 Å². The third kappa shape index (κ3) is 3.31. The van der Waals surface area contributed by atoms with Gasteiger partial charge in [-0.2, -0.15) is 31.6 Å². The highest BCUT2D eigenvalue weighted by molar-refractivity contribution is 5.95. The molecule has 23 heavy (non-hydrogen) atoms. The number of rotatable bonds is 3. The van der Waals surface area contributed by atoms with Crippen LogP contribution < -0.4 is 5.32 Å². The highest BCUT2D eigenvalue weighted by atomic mass is 19.4. The number of carbonyl (C=O) groups is 1. The molecule has 0 radical (unpaired) electrons. The number of benzene rings is 1. The average molecular weight is 336 g/mol. The highest BCUT2D eigenvalue weighted by Crippen LogP contribution is 2.47. The molecule has 3 nitrogen and oxygen atoms in total. The monoisotopic (exact) mass is 336 g/mol. The maximum atomic E-state index is 13.1. The zero-order valence-corrected chi connectivity index (χ0v) is 11.6. The fourth-order valence-electron chi connectivity index (χ4n) is 1.75. The van der Waals surface area contributed by atoms with Crippen LogP contribution in [0.15, 0.2) is 36.4 Å². The van der Waals surface area contributed by atoms with E-state index in [0.717, 1.165) is 23.5 Å². The Balaban J connectivity index is 3.42. The van der Waals surface area contributed by atoms with Gasteiger partial charge in [0.1, 0.15) is 0 Å². The first-order valence-corrected chi connectivity index (χ1v) is 5.99. The van der Waals surface area contributed by atoms with Crippen molar-refractivity contribution >= 4 is 5.91 Å². The van der Waals surface area contributed by atoms with Crippen LogP contribution in [0.1, 0.15) is 15.9 Å². The Morgan fingerprint density at radius 2 is 1.52 bits per heavy atom. The zero-order chi connectivity index (χ0) is 18.1. The van der Waals surface area contributed by atoms with Gasteiger partial charge in [-0.15, -0.1) is 0 Å². The second-order valence-electron chi connectivity index (χ2n) is 4.66. The fraction of sp³-hybridized carbons (Fsp3) is 0.286. The van der Waals surface area contributed by atoms with Crippen LogP contribution in [-0.4, -0.2) is 23.8 Å². The molecule has 1 aromatic carbocycles. The lowest BCUT2D eigenvalue weighted by atomic mass is 9.89. The van der Waals surface area contributed by atoms with E-state index in [0.29, 0.717) is 5.56 Å². The maximum Gasteiger partial charge on any atom is 0.425 e. The van der Waals surface area contributed by atoms with Crippen molar-refractivity contribution in [1.82, 2.24) is 5.32 Å². The van der Waals surface area contributed by atoms with E-state index in [1.165, 1.54) is 12.1 Å². The predicted molar refractivity (Wildman–Crippen MR) is 68.2 cm³/mol. The molecule has 9 heteroatoms. The molecule has 0 spiro atoms. The summed E-state index contributed by atoms with van der Waals surface area (Å²) in [4.78, 5) is 11.8. The molecule has 0 atom stereocenters. The Bertz CT molecular complexity index is 638. The first-order valence-electron chi connectivity index (χ1n) is 5.99. The number of hydrogen-bond acceptors (Lipinski definition) is 2. The molecule has 0 saturated carbocycles. The van der Waals surface area contributed by atoms with Gasteiger partial charge in [0, 0.05) is 5.56 Å². The van der Waals surface area contributed by atoms with Crippen molar-refractivity contribution < 1.29 is 31.1 Å². The van der Waals surface area contributed by atoms with E-state index in [9.17, 15) is 31.1 Å². The Morgan fingerprint density at radius 3 is 1.87 bits per heavy atom. The molecule has 0 aliphatic carbocycles. The molecule has 0 aliphatic rings. The van der Waals surface area contributed by atoms with Crippen molar-refractivity contribution in [2.75, 3.05) is 0 Å². The molecular formula is C14H10F6N2O. The van der Waals surface area contributed by atoms with Gasteiger partial charge in [-0.1, -0.05) is 24.3 Å². The lowest BCUT2D eigenvalue weighted by Gasteiger charge is -2.37. The van der Waals surface area contributed by atoms with Crippen molar-refractivity contribution in [2.45, 2.75) is 24.8 Å². The number of halogens is 6. The summed E-state index contributed by atoms with van der Waals surface area (Å²) in [5.41, 5.74) is -6.49. The normalized spacial score (nSPS) is 12.4. The second kappa shape index (κ2) is 5.95. The zero-order valence-electron chi connectivity index (χ0n) is 11.6. The van der Waals surface area contributed by atoms with Gasteiger partial charge in [0.15, 0.2) is 0 Å². The standard InChI is InChI=1S/C14H10F6N2O/c1-8-3-5-10(6-4-8)11(23)22-12(9(2)7-21,13(15,16)17)14(18,19)20/h3-6H,2H2,1H3,(H,22,23). The summed E-state index contributed by atoms with van der Waals surface area (Å²) in [5.74, 6) is -1.63. The van der Waals surface area contributed by atoms with Crippen LogP contribution in [0.3, 0.4) is 0 Å². The minimum Gasteiger partial charge on any atom is -0.326 e. The van der Waals surface area contributed by atoms with Gasteiger partial charge in [0.05, 0.1) is 11.6 Å². The molecule has 124 valence electrons. The minimum atomic E-state index is -6.00. The summed E-state index contributed by atoms with van der Waals surface area (Å²) in [6.07, 6.45) is -12.0. The lowest BCUT2D eigenvalue weighted by Crippen LogP contribution is -2.68. The molecule has 0 saturated heterocycles. The van der Waals surface area contributed by atoms with Crippen LogP contribution >= 0.6 is 0 Å². The van der Waals surface area contributed by atoms with E-state index in [-0.39, 0.29) is 0 Å². The number of nitrogens with one attached hydrogen (secondary N) is 1. The number of nitriles is 1. The van der Waals surface area contributed by atoms with Crippen LogP contribution in [-0.2, 0) is 0 Å². The van der Waals surface area contributed by atoms with Crippen LogP contribution in [0.25, 0.3) is 0 Å². The summed E-state index contributed by atoms with van der Waals surface area (Å²) >= 11 is 0. The Kier molecular flexibility index (Phi) is 4.80. The Labute approximate surface area is 127 Å². The summed E-state index contributed by atoms with van der Waals surface area (Å²) < 4.78 is 78.6. The van der Waals surface area contributed by atoms with Crippen LogP contribution in [0, 0.1) is 18.3 Å². The van der Waals surface area contributed by atoms with Crippen molar-refractivity contribution in [1.29, 1.82) is 5.26 Å². The molecule has 0 aromatic heterocycles. The van der Waals surface area contributed by atoms with E-state index >= 15 is 0 Å². The quantitative estimate of drug-likeness (QED) is 0.676. The second-order valence-corrected chi connectivity index (χ2v) is 4.66. The summed E-state index contributed by atoms with van der Waals surface area (Å²) in [7, 11) is 0. The number of nitrogens with zero attached hydrogens (tertiary/aromatic N) is 1. The van der Waals surface area contributed by atoms with Crippen LogP contribution in [0.5, 0.6) is 0 Å². The van der Waals surface area contributed by atoms with Crippen LogP contribution in [0.2, 0.25) is 0 Å². The van der Waals surface area contributed by atoms with Crippen molar-refractivity contribution in [3.05, 3.63) is 47.5 Å². The minimum absolute atomic E-state index is 0.417. The molecule has 1 aromatic rings. The number of carbonyl (C=O) groups excluding carboxylic acids is 1. The van der Waals surface area contributed by atoms with Gasteiger partial charge in [0.2, 0.25) is 0 Å². The summed E-state index contributed by atoms with van der Waals surface area (Å²) in [6.45, 7) is 4.14. The molecule has 0 heterocycles. The molecule has 0 bridgehead atoms. The van der Waals surface area contributed by atoms with Gasteiger partial charge < -0.3 is 5.32 Å². The Morgan fingerprint density at radius 1 is 1.09 bits per heavy atom. The van der Waals surface area contributed by atoms with Crippen molar-refractivity contribution in [3.63, 3.8) is 0 Å². The van der Waals surface area contributed by atoms with Gasteiger partial charge in [0.25, 0.3) is 11.4 Å². The molecule has 0 unspecified atom stereocenters. The van der Waals surface area contributed by atoms with Crippen molar-refractivity contribution in [3.8, 4) is 6.07 Å². The fourth-order valence-corrected chi connectivity index (χ4v) is 1.75. The van der Waals surface area contributed by atoms with E-state index in [1.54, 1.807) is 6.92 Å². The molecular weight excluding hydrogens is 326 g/mol. The smallest absolute Gasteiger partial charge is 0.326 e. The third-order valence-electron chi connectivity index (χ3n) is 3.05. The van der Waals surface area contributed by atoms with Crippen molar-refractivity contribution in [2.24, 2.45) is 0 Å². The SMILES string of the molecule is C=C(C#N)C(NC(=O)c1ccc(C)cc1)(C(F)(F)F)C(F)(F)F. The van der Waals surface area contributed by atoms with Gasteiger partial charge in [-0.3, -0.25) is 4.79 Å². The third-order valence-corrected chi connectivity index (χ3v) is 3.05. The number of hydrogen-bond donors (Lipinski definition) is 1. The van der Waals surface area contributed by atoms with Gasteiger partial charge in [-0.05, 0) is 19.1 Å². The van der Waals surface area contributed by atoms with E-state index in [2.05, 4.69) is 6.58 Å². The molecule has 1 rings (SSSR count). The van der Waals surface area contributed by atoms with Crippen LogP contribution in [0.4, 0.5) is 26.3 Å². The lowest BCUT2D eigenvalue weighted by molar-refractivity contribution is -0.289. The molecule has 0 fully saturated rings. The molecule has 1 N–H and O–H groups in total.